The molecule has 0 aromatic heterocycles. The van der Waals surface area contributed by atoms with Crippen molar-refractivity contribution in [2.45, 2.75) is 6.17 Å². The summed E-state index contributed by atoms with van der Waals surface area (Å²) in [5.41, 5.74) is 0.759. The van der Waals surface area contributed by atoms with E-state index in [2.05, 4.69) is 5.32 Å². The Balaban J connectivity index is 0.00000144. The summed E-state index contributed by atoms with van der Waals surface area (Å²) >= 11 is 0. The van der Waals surface area contributed by atoms with Crippen LogP contribution in [0.15, 0.2) is 30.3 Å². The summed E-state index contributed by atoms with van der Waals surface area (Å²) in [5, 5.41) is 14.3. The summed E-state index contributed by atoms with van der Waals surface area (Å²) < 4.78 is 0. The predicted molar refractivity (Wildman–Crippen MR) is 67.9 cm³/mol. The summed E-state index contributed by atoms with van der Waals surface area (Å²) in [6.45, 7) is 3.08. The van der Waals surface area contributed by atoms with E-state index in [1.807, 2.05) is 35.2 Å². The first-order chi connectivity index (χ1) is 7.79. The molecule has 1 aliphatic rings. The Bertz CT molecular complexity index is 355. The van der Waals surface area contributed by atoms with E-state index in [4.69, 9.17) is 0 Å². The average molecular weight is 258 g/mol. The monoisotopic (exact) mass is 257 g/mol. The molecule has 0 spiro atoms. The van der Waals surface area contributed by atoms with E-state index in [1.165, 1.54) is 0 Å². The highest BCUT2D eigenvalue weighted by atomic mass is 35.5. The van der Waals surface area contributed by atoms with Crippen LogP contribution in [0.2, 0.25) is 0 Å². The van der Waals surface area contributed by atoms with Crippen LogP contribution in [0.5, 0.6) is 0 Å². The van der Waals surface area contributed by atoms with Gasteiger partial charge in [-0.3, -0.25) is 10.1 Å². The van der Waals surface area contributed by atoms with Gasteiger partial charge in [0.15, 0.2) is 0 Å². The van der Waals surface area contributed by atoms with Gasteiger partial charge in [0, 0.05) is 36.7 Å². The molecule has 5 nitrogen and oxygen atoms in total. The van der Waals surface area contributed by atoms with E-state index in [9.17, 15) is 10.1 Å². The Kier molecular flexibility index (Phi) is 5.34. The minimum Gasteiger partial charge on any atom is -0.314 e. The van der Waals surface area contributed by atoms with Crippen LogP contribution in [0.1, 0.15) is 11.7 Å². The van der Waals surface area contributed by atoms with Crippen molar-refractivity contribution in [3.63, 3.8) is 0 Å². The van der Waals surface area contributed by atoms with Crippen LogP contribution < -0.4 is 5.32 Å². The fourth-order valence-corrected chi connectivity index (χ4v) is 2.02. The number of benzene rings is 1. The number of piperazine rings is 1. The zero-order valence-electron chi connectivity index (χ0n) is 9.41. The van der Waals surface area contributed by atoms with Crippen LogP contribution in [-0.2, 0) is 0 Å². The van der Waals surface area contributed by atoms with Crippen LogP contribution >= 0.6 is 12.4 Å². The first-order valence-electron chi connectivity index (χ1n) is 5.42. The maximum Gasteiger partial charge on any atom is 0.294 e. The lowest BCUT2D eigenvalue weighted by atomic mass is 10.1. The number of nitro groups is 1. The Hall–Kier alpha value is -1.17. The third-order valence-corrected chi connectivity index (χ3v) is 2.79. The molecule has 1 aromatic rings. The molecule has 0 radical (unpaired) electrons. The van der Waals surface area contributed by atoms with Gasteiger partial charge in [0.25, 0.3) is 6.17 Å². The Labute approximate surface area is 106 Å². The molecule has 94 valence electrons. The van der Waals surface area contributed by atoms with Crippen molar-refractivity contribution in [3.8, 4) is 0 Å². The van der Waals surface area contributed by atoms with Crippen molar-refractivity contribution in [2.75, 3.05) is 26.2 Å². The van der Waals surface area contributed by atoms with Gasteiger partial charge in [-0.05, 0) is 0 Å². The topological polar surface area (TPSA) is 58.4 Å². The second-order valence-corrected chi connectivity index (χ2v) is 3.86. The van der Waals surface area contributed by atoms with Gasteiger partial charge in [0.05, 0.1) is 0 Å². The summed E-state index contributed by atoms with van der Waals surface area (Å²) in [6.07, 6.45) is -0.705. The molecule has 1 atom stereocenters. The second-order valence-electron chi connectivity index (χ2n) is 3.86. The van der Waals surface area contributed by atoms with Crippen molar-refractivity contribution in [1.82, 2.24) is 10.2 Å². The van der Waals surface area contributed by atoms with Crippen LogP contribution in [-0.4, -0.2) is 36.0 Å². The van der Waals surface area contributed by atoms with Gasteiger partial charge in [0.2, 0.25) is 0 Å². The number of halogens is 1. The maximum atomic E-state index is 11.1. The summed E-state index contributed by atoms with van der Waals surface area (Å²) in [7, 11) is 0. The SMILES string of the molecule is Cl.O=[N+]([O-])C(c1ccccc1)N1CCNCC1. The number of rotatable bonds is 3. The molecular formula is C11H16ClN3O2. The van der Waals surface area contributed by atoms with Crippen LogP contribution in [0.3, 0.4) is 0 Å². The number of hydrogen-bond donors (Lipinski definition) is 1. The molecule has 1 fully saturated rings. The predicted octanol–water partition coefficient (Wildman–Crippen LogP) is 1.29. The third kappa shape index (κ3) is 3.39. The normalized spacial score (nSPS) is 18.1. The number of nitrogens with zero attached hydrogens (tertiary/aromatic N) is 2. The lowest BCUT2D eigenvalue weighted by molar-refractivity contribution is -0.558. The Morgan fingerprint density at radius 1 is 1.24 bits per heavy atom. The molecule has 1 heterocycles. The first kappa shape index (κ1) is 13.9. The van der Waals surface area contributed by atoms with Crippen molar-refractivity contribution < 1.29 is 4.92 Å². The van der Waals surface area contributed by atoms with Gasteiger partial charge in [-0.1, -0.05) is 30.3 Å². The summed E-state index contributed by atoms with van der Waals surface area (Å²) in [5.74, 6) is 0. The van der Waals surface area contributed by atoms with Gasteiger partial charge in [0.1, 0.15) is 0 Å². The third-order valence-electron chi connectivity index (χ3n) is 2.79. The highest BCUT2D eigenvalue weighted by Crippen LogP contribution is 2.21. The molecule has 0 bridgehead atoms. The number of nitrogens with one attached hydrogen (secondary N) is 1. The molecule has 1 aliphatic heterocycles. The van der Waals surface area contributed by atoms with Crippen LogP contribution in [0, 0.1) is 10.1 Å². The van der Waals surface area contributed by atoms with Gasteiger partial charge < -0.3 is 5.32 Å². The molecule has 6 heteroatoms. The van der Waals surface area contributed by atoms with Gasteiger partial charge in [-0.15, -0.1) is 12.4 Å². The second kappa shape index (κ2) is 6.54. The van der Waals surface area contributed by atoms with E-state index in [0.29, 0.717) is 0 Å². The molecule has 1 saturated heterocycles. The Morgan fingerprint density at radius 2 is 1.82 bits per heavy atom. The lowest BCUT2D eigenvalue weighted by Crippen LogP contribution is -2.47. The summed E-state index contributed by atoms with van der Waals surface area (Å²) in [4.78, 5) is 12.8. The highest BCUT2D eigenvalue weighted by Gasteiger charge is 2.30. The standard InChI is InChI=1S/C11H15N3O2.ClH/c15-14(16)11(10-4-2-1-3-5-10)13-8-6-12-7-9-13;/h1-5,11-12H,6-9H2;1H. The zero-order valence-corrected chi connectivity index (χ0v) is 10.2. The molecular weight excluding hydrogens is 242 g/mol. The van der Waals surface area contributed by atoms with E-state index >= 15 is 0 Å². The summed E-state index contributed by atoms with van der Waals surface area (Å²) in [6, 6.07) is 9.19. The van der Waals surface area contributed by atoms with Crippen LogP contribution in [0.4, 0.5) is 0 Å². The lowest BCUT2D eigenvalue weighted by Gasteiger charge is -2.29. The first-order valence-corrected chi connectivity index (χ1v) is 5.42. The van der Waals surface area contributed by atoms with Gasteiger partial charge in [-0.2, -0.15) is 0 Å². The maximum absolute atomic E-state index is 11.1. The van der Waals surface area contributed by atoms with Gasteiger partial charge in [-0.25, -0.2) is 4.90 Å². The van der Waals surface area contributed by atoms with Crippen molar-refractivity contribution >= 4 is 12.4 Å². The molecule has 0 saturated carbocycles. The van der Waals surface area contributed by atoms with Crippen molar-refractivity contribution in [3.05, 3.63) is 46.0 Å². The molecule has 0 amide bonds. The van der Waals surface area contributed by atoms with E-state index in [-0.39, 0.29) is 17.3 Å². The van der Waals surface area contributed by atoms with Crippen molar-refractivity contribution in [2.24, 2.45) is 0 Å². The fraction of sp³-hybridized carbons (Fsp3) is 0.455. The molecule has 0 aliphatic carbocycles. The van der Waals surface area contributed by atoms with E-state index < -0.39 is 6.17 Å². The molecule has 1 aromatic carbocycles. The molecule has 17 heavy (non-hydrogen) atoms. The van der Waals surface area contributed by atoms with Gasteiger partial charge >= 0.3 is 0 Å². The minimum absolute atomic E-state index is 0. The zero-order chi connectivity index (χ0) is 11.4. The van der Waals surface area contributed by atoms with E-state index in [0.717, 1.165) is 31.7 Å². The largest absolute Gasteiger partial charge is 0.314 e. The molecule has 1 N–H and O–H groups in total. The minimum atomic E-state index is -0.705. The average Bonchev–Trinajstić information content (AvgIpc) is 2.31. The Morgan fingerprint density at radius 3 is 2.35 bits per heavy atom. The van der Waals surface area contributed by atoms with E-state index in [1.54, 1.807) is 0 Å². The highest BCUT2D eigenvalue weighted by molar-refractivity contribution is 5.85. The fourth-order valence-electron chi connectivity index (χ4n) is 2.02. The van der Waals surface area contributed by atoms with Crippen LogP contribution in [0.25, 0.3) is 0 Å². The smallest absolute Gasteiger partial charge is 0.294 e. The number of hydrogen-bond acceptors (Lipinski definition) is 4. The molecule has 1 unspecified atom stereocenters. The molecule has 2 rings (SSSR count). The van der Waals surface area contributed by atoms with Crippen molar-refractivity contribution in [1.29, 1.82) is 0 Å². The quantitative estimate of drug-likeness (QED) is 0.655.